The fraction of sp³-hybridized carbons (Fsp3) is 0.500. The summed E-state index contributed by atoms with van der Waals surface area (Å²) in [5, 5.41) is 11.7. The predicted octanol–water partition coefficient (Wildman–Crippen LogP) is 2.13. The Hall–Kier alpha value is -2.04. The SMILES string of the molecule is CC(C)CCNC(=O)CN(CCC(=O)O)c1ccccc1. The van der Waals surface area contributed by atoms with Gasteiger partial charge in [-0.15, -0.1) is 0 Å². The molecule has 0 saturated carbocycles. The second-order valence-electron chi connectivity index (χ2n) is 5.43. The number of nitrogens with zero attached hydrogens (tertiary/aromatic N) is 1. The molecular formula is C16H24N2O3. The zero-order valence-electron chi connectivity index (χ0n) is 12.7. The van der Waals surface area contributed by atoms with Crippen LogP contribution in [-0.2, 0) is 9.59 Å². The van der Waals surface area contributed by atoms with Gasteiger partial charge >= 0.3 is 5.97 Å². The molecule has 0 aliphatic carbocycles. The average molecular weight is 292 g/mol. The van der Waals surface area contributed by atoms with Crippen molar-refractivity contribution in [2.75, 3.05) is 24.5 Å². The average Bonchev–Trinajstić information content (AvgIpc) is 2.43. The van der Waals surface area contributed by atoms with Gasteiger partial charge in [0.1, 0.15) is 0 Å². The first kappa shape index (κ1) is 17.0. The lowest BCUT2D eigenvalue weighted by molar-refractivity contribution is -0.136. The van der Waals surface area contributed by atoms with Crippen molar-refractivity contribution in [2.45, 2.75) is 26.7 Å². The quantitative estimate of drug-likeness (QED) is 0.731. The zero-order chi connectivity index (χ0) is 15.7. The molecule has 0 spiro atoms. The van der Waals surface area contributed by atoms with Crippen molar-refractivity contribution >= 4 is 17.6 Å². The first-order valence-electron chi connectivity index (χ1n) is 7.27. The fourth-order valence-electron chi connectivity index (χ4n) is 1.90. The molecule has 1 aromatic rings. The summed E-state index contributed by atoms with van der Waals surface area (Å²) in [5.41, 5.74) is 0.859. The molecule has 0 saturated heterocycles. The monoisotopic (exact) mass is 292 g/mol. The van der Waals surface area contributed by atoms with E-state index in [1.54, 1.807) is 4.90 Å². The molecule has 1 rings (SSSR count). The first-order chi connectivity index (χ1) is 9.99. The molecule has 116 valence electrons. The summed E-state index contributed by atoms with van der Waals surface area (Å²) >= 11 is 0. The van der Waals surface area contributed by atoms with E-state index in [4.69, 9.17) is 5.11 Å². The number of carbonyl (C=O) groups excluding carboxylic acids is 1. The van der Waals surface area contributed by atoms with E-state index >= 15 is 0 Å². The highest BCUT2D eigenvalue weighted by Crippen LogP contribution is 2.13. The third kappa shape index (κ3) is 7.34. The number of nitrogens with one attached hydrogen (secondary N) is 1. The van der Waals surface area contributed by atoms with Crippen molar-refractivity contribution < 1.29 is 14.7 Å². The Labute approximate surface area is 126 Å². The van der Waals surface area contributed by atoms with Gasteiger partial charge in [0.2, 0.25) is 5.91 Å². The first-order valence-corrected chi connectivity index (χ1v) is 7.27. The zero-order valence-corrected chi connectivity index (χ0v) is 12.7. The molecule has 21 heavy (non-hydrogen) atoms. The van der Waals surface area contributed by atoms with Crippen LogP contribution in [0.25, 0.3) is 0 Å². The normalized spacial score (nSPS) is 10.4. The summed E-state index contributed by atoms with van der Waals surface area (Å²) in [6.45, 7) is 5.36. The van der Waals surface area contributed by atoms with Gasteiger partial charge in [-0.1, -0.05) is 32.0 Å². The molecule has 0 radical (unpaired) electrons. The molecule has 0 aliphatic rings. The Morgan fingerprint density at radius 3 is 2.48 bits per heavy atom. The number of amides is 1. The van der Waals surface area contributed by atoms with Gasteiger partial charge in [0, 0.05) is 18.8 Å². The predicted molar refractivity (Wildman–Crippen MR) is 83.4 cm³/mol. The number of anilines is 1. The lowest BCUT2D eigenvalue weighted by Crippen LogP contribution is -2.39. The van der Waals surface area contributed by atoms with Crippen molar-refractivity contribution in [3.05, 3.63) is 30.3 Å². The van der Waals surface area contributed by atoms with Crippen LogP contribution in [-0.4, -0.2) is 36.6 Å². The Bertz CT molecular complexity index is 446. The molecule has 1 aromatic carbocycles. The summed E-state index contributed by atoms with van der Waals surface area (Å²) < 4.78 is 0. The second kappa shape index (κ2) is 9.00. The van der Waals surface area contributed by atoms with Crippen LogP contribution in [0.5, 0.6) is 0 Å². The highest BCUT2D eigenvalue weighted by atomic mass is 16.4. The van der Waals surface area contributed by atoms with Crippen LogP contribution in [0.1, 0.15) is 26.7 Å². The smallest absolute Gasteiger partial charge is 0.305 e. The molecule has 0 fully saturated rings. The van der Waals surface area contributed by atoms with Crippen LogP contribution >= 0.6 is 0 Å². The Kier molecular flexibility index (Phi) is 7.29. The van der Waals surface area contributed by atoms with Crippen molar-refractivity contribution in [3.63, 3.8) is 0 Å². The fourth-order valence-corrected chi connectivity index (χ4v) is 1.90. The van der Waals surface area contributed by atoms with Gasteiger partial charge in [-0.05, 0) is 24.5 Å². The maximum absolute atomic E-state index is 12.0. The molecule has 0 atom stereocenters. The maximum Gasteiger partial charge on any atom is 0.305 e. The minimum Gasteiger partial charge on any atom is -0.481 e. The summed E-state index contributed by atoms with van der Waals surface area (Å²) in [5.74, 6) is -0.399. The van der Waals surface area contributed by atoms with E-state index in [2.05, 4.69) is 19.2 Å². The number of aliphatic carboxylic acids is 1. The van der Waals surface area contributed by atoms with Gasteiger partial charge in [0.25, 0.3) is 0 Å². The van der Waals surface area contributed by atoms with Gasteiger partial charge in [0.15, 0.2) is 0 Å². The molecule has 5 nitrogen and oxygen atoms in total. The third-order valence-corrected chi connectivity index (χ3v) is 3.10. The molecule has 0 unspecified atom stereocenters. The number of carboxylic acid groups (broad SMARTS) is 1. The molecular weight excluding hydrogens is 268 g/mol. The highest BCUT2D eigenvalue weighted by Gasteiger charge is 2.12. The number of carboxylic acids is 1. The standard InChI is InChI=1S/C16H24N2O3/c1-13(2)8-10-17-15(19)12-18(11-9-16(20)21)14-6-4-3-5-7-14/h3-7,13H,8-12H2,1-2H3,(H,17,19)(H,20,21). The van der Waals surface area contributed by atoms with Gasteiger partial charge in [-0.3, -0.25) is 9.59 Å². The van der Waals surface area contributed by atoms with E-state index in [0.717, 1.165) is 12.1 Å². The van der Waals surface area contributed by atoms with E-state index in [9.17, 15) is 9.59 Å². The largest absolute Gasteiger partial charge is 0.481 e. The second-order valence-corrected chi connectivity index (χ2v) is 5.43. The Morgan fingerprint density at radius 1 is 1.24 bits per heavy atom. The number of rotatable bonds is 9. The molecule has 0 aromatic heterocycles. The molecule has 1 amide bonds. The van der Waals surface area contributed by atoms with Gasteiger partial charge in [0.05, 0.1) is 13.0 Å². The van der Waals surface area contributed by atoms with Crippen molar-refractivity contribution in [2.24, 2.45) is 5.92 Å². The topological polar surface area (TPSA) is 69.6 Å². The molecule has 5 heteroatoms. The minimum absolute atomic E-state index is 0.00810. The van der Waals surface area contributed by atoms with Gasteiger partial charge in [-0.25, -0.2) is 0 Å². The van der Waals surface area contributed by atoms with Gasteiger partial charge in [-0.2, -0.15) is 0 Å². The van der Waals surface area contributed by atoms with E-state index in [1.807, 2.05) is 30.3 Å². The lowest BCUT2D eigenvalue weighted by Gasteiger charge is -2.23. The van der Waals surface area contributed by atoms with Crippen molar-refractivity contribution in [1.29, 1.82) is 0 Å². The lowest BCUT2D eigenvalue weighted by atomic mass is 10.1. The molecule has 0 heterocycles. The summed E-state index contributed by atoms with van der Waals surface area (Å²) in [7, 11) is 0. The number of benzene rings is 1. The van der Waals surface area contributed by atoms with Crippen LogP contribution in [0.2, 0.25) is 0 Å². The van der Waals surface area contributed by atoms with Crippen LogP contribution in [0.4, 0.5) is 5.69 Å². The van der Waals surface area contributed by atoms with Crippen LogP contribution in [0.3, 0.4) is 0 Å². The minimum atomic E-state index is -0.865. The maximum atomic E-state index is 12.0. The summed E-state index contributed by atoms with van der Waals surface area (Å²) in [6.07, 6.45) is 0.945. The van der Waals surface area contributed by atoms with Crippen LogP contribution in [0, 0.1) is 5.92 Å². The number of hydrogen-bond acceptors (Lipinski definition) is 3. The number of para-hydroxylation sites is 1. The van der Waals surface area contributed by atoms with E-state index in [-0.39, 0.29) is 18.9 Å². The van der Waals surface area contributed by atoms with Crippen molar-refractivity contribution in [3.8, 4) is 0 Å². The van der Waals surface area contributed by atoms with Crippen molar-refractivity contribution in [1.82, 2.24) is 5.32 Å². The number of hydrogen-bond donors (Lipinski definition) is 2. The summed E-state index contributed by atoms with van der Waals surface area (Å²) in [4.78, 5) is 24.5. The molecule has 0 aliphatic heterocycles. The van der Waals surface area contributed by atoms with Gasteiger partial charge < -0.3 is 15.3 Å². The Balaban J connectivity index is 2.56. The van der Waals surface area contributed by atoms with E-state index in [0.29, 0.717) is 19.0 Å². The van der Waals surface area contributed by atoms with Crippen LogP contribution < -0.4 is 10.2 Å². The van der Waals surface area contributed by atoms with E-state index < -0.39 is 5.97 Å². The number of carbonyl (C=O) groups is 2. The molecule has 0 bridgehead atoms. The summed E-state index contributed by atoms with van der Waals surface area (Å²) in [6, 6.07) is 9.40. The highest BCUT2D eigenvalue weighted by molar-refractivity contribution is 5.81. The van der Waals surface area contributed by atoms with Crippen LogP contribution in [0.15, 0.2) is 30.3 Å². The third-order valence-electron chi connectivity index (χ3n) is 3.10. The molecule has 2 N–H and O–H groups in total. The van der Waals surface area contributed by atoms with E-state index in [1.165, 1.54) is 0 Å². The Morgan fingerprint density at radius 2 is 1.90 bits per heavy atom.